The van der Waals surface area contributed by atoms with E-state index in [1.54, 1.807) is 0 Å². The monoisotopic (exact) mass is 302 g/mol. The fourth-order valence-corrected chi connectivity index (χ4v) is 4.24. The van der Waals surface area contributed by atoms with Gasteiger partial charge in [0.1, 0.15) is 0 Å². The van der Waals surface area contributed by atoms with Gasteiger partial charge in [-0.05, 0) is 42.2 Å². The second kappa shape index (κ2) is 6.04. The van der Waals surface area contributed by atoms with Gasteiger partial charge >= 0.3 is 0 Å². The minimum atomic E-state index is 0.298. The van der Waals surface area contributed by atoms with Crippen LogP contribution in [-0.2, 0) is 6.42 Å². The van der Waals surface area contributed by atoms with Crippen LogP contribution in [0.25, 0.3) is 0 Å². The number of aryl methyl sites for hydroxylation is 1. The molecule has 2 nitrogen and oxygen atoms in total. The molecule has 1 aromatic rings. The molecule has 3 heteroatoms. The molecule has 1 aliphatic heterocycles. The number of nitrogens with one attached hydrogen (secondary N) is 1. The average molecular weight is 302 g/mol. The van der Waals surface area contributed by atoms with E-state index in [0.29, 0.717) is 17.5 Å². The highest BCUT2D eigenvalue weighted by Gasteiger charge is 2.29. The third kappa shape index (κ3) is 3.45. The summed E-state index contributed by atoms with van der Waals surface area (Å²) < 4.78 is 0. The molecule has 2 atom stereocenters. The van der Waals surface area contributed by atoms with Crippen LogP contribution in [0.2, 0.25) is 0 Å². The van der Waals surface area contributed by atoms with Gasteiger partial charge in [0.2, 0.25) is 0 Å². The molecule has 2 unspecified atom stereocenters. The lowest BCUT2D eigenvalue weighted by atomic mass is 9.85. The molecule has 21 heavy (non-hydrogen) atoms. The standard InChI is InChI=1S/C18H26N2S/c1-18(2,3)16-11-12-21-17(20-16)19-15-10-6-8-13-7-4-5-9-14(13)15/h4-5,7,9,15-16H,6,8,10-12H2,1-3H3,(H,19,20). The highest BCUT2D eigenvalue weighted by Crippen LogP contribution is 2.34. The van der Waals surface area contributed by atoms with E-state index < -0.39 is 0 Å². The number of amidine groups is 1. The molecular formula is C18H26N2S. The summed E-state index contributed by atoms with van der Waals surface area (Å²) in [5.41, 5.74) is 3.23. The van der Waals surface area contributed by atoms with Gasteiger partial charge in [0.15, 0.2) is 5.17 Å². The van der Waals surface area contributed by atoms with Gasteiger partial charge in [-0.2, -0.15) is 0 Å². The summed E-state index contributed by atoms with van der Waals surface area (Å²) in [7, 11) is 0. The van der Waals surface area contributed by atoms with Gasteiger partial charge in [-0.1, -0.05) is 56.8 Å². The van der Waals surface area contributed by atoms with Gasteiger partial charge in [-0.3, -0.25) is 4.99 Å². The Labute approximate surface area is 132 Å². The van der Waals surface area contributed by atoms with Gasteiger partial charge in [0.05, 0.1) is 6.04 Å². The summed E-state index contributed by atoms with van der Waals surface area (Å²) in [5, 5.41) is 4.84. The van der Waals surface area contributed by atoms with Crippen molar-refractivity contribution in [2.75, 3.05) is 5.75 Å². The van der Waals surface area contributed by atoms with E-state index >= 15 is 0 Å². The van der Waals surface area contributed by atoms with Crippen molar-refractivity contribution in [2.45, 2.75) is 58.5 Å². The van der Waals surface area contributed by atoms with E-state index in [4.69, 9.17) is 4.99 Å². The van der Waals surface area contributed by atoms with Crippen molar-refractivity contribution >= 4 is 16.9 Å². The third-order valence-corrected chi connectivity index (χ3v) is 5.54. The minimum absolute atomic E-state index is 0.298. The summed E-state index contributed by atoms with van der Waals surface area (Å²) in [6.45, 7) is 6.94. The van der Waals surface area contributed by atoms with Crippen LogP contribution < -0.4 is 5.32 Å². The molecule has 1 fully saturated rings. The van der Waals surface area contributed by atoms with Crippen LogP contribution in [0.3, 0.4) is 0 Å². The number of rotatable bonds is 1. The molecular weight excluding hydrogens is 276 g/mol. The Bertz CT molecular complexity index is 530. The molecule has 1 saturated heterocycles. The minimum Gasteiger partial charge on any atom is -0.362 e. The van der Waals surface area contributed by atoms with Gasteiger partial charge in [0.25, 0.3) is 0 Å². The molecule has 1 heterocycles. The van der Waals surface area contributed by atoms with Crippen molar-refractivity contribution in [2.24, 2.45) is 10.4 Å². The normalized spacial score (nSPS) is 28.0. The van der Waals surface area contributed by atoms with Crippen molar-refractivity contribution in [3.63, 3.8) is 0 Å². The van der Waals surface area contributed by atoms with Crippen LogP contribution in [0.5, 0.6) is 0 Å². The Morgan fingerprint density at radius 2 is 2.00 bits per heavy atom. The predicted octanol–water partition coefficient (Wildman–Crippen LogP) is 4.56. The summed E-state index contributed by atoms with van der Waals surface area (Å²) >= 11 is 1.89. The van der Waals surface area contributed by atoms with Gasteiger partial charge in [-0.15, -0.1) is 0 Å². The molecule has 0 bridgehead atoms. The van der Waals surface area contributed by atoms with Crippen molar-refractivity contribution in [3.8, 4) is 0 Å². The Hall–Kier alpha value is -0.960. The first-order valence-corrected chi connectivity index (χ1v) is 9.07. The van der Waals surface area contributed by atoms with Crippen molar-refractivity contribution in [1.82, 2.24) is 5.32 Å². The van der Waals surface area contributed by atoms with Crippen LogP contribution >= 0.6 is 11.8 Å². The first-order chi connectivity index (χ1) is 10.0. The maximum Gasteiger partial charge on any atom is 0.157 e. The molecule has 0 radical (unpaired) electrons. The molecule has 1 N–H and O–H groups in total. The number of benzene rings is 1. The molecule has 0 spiro atoms. The Morgan fingerprint density at radius 1 is 1.19 bits per heavy atom. The highest BCUT2D eigenvalue weighted by molar-refractivity contribution is 8.13. The maximum atomic E-state index is 5.07. The SMILES string of the molecule is CC(C)(C)C1CCSC(=NC2CCCc3ccccc32)N1. The van der Waals surface area contributed by atoms with E-state index in [1.807, 2.05) is 11.8 Å². The van der Waals surface area contributed by atoms with Crippen LogP contribution in [0.15, 0.2) is 29.3 Å². The van der Waals surface area contributed by atoms with Crippen molar-refractivity contribution < 1.29 is 0 Å². The molecule has 0 saturated carbocycles. The number of fused-ring (bicyclic) bond motifs is 1. The molecule has 2 aliphatic rings. The van der Waals surface area contributed by atoms with Gasteiger partial charge in [0, 0.05) is 11.8 Å². The predicted molar refractivity (Wildman–Crippen MR) is 93.0 cm³/mol. The summed E-state index contributed by atoms with van der Waals surface area (Å²) in [4.78, 5) is 5.07. The Balaban J connectivity index is 1.79. The van der Waals surface area contributed by atoms with E-state index in [-0.39, 0.29) is 0 Å². The second-order valence-corrected chi connectivity index (χ2v) is 8.32. The smallest absolute Gasteiger partial charge is 0.157 e. The fourth-order valence-electron chi connectivity index (χ4n) is 3.26. The number of hydrogen-bond acceptors (Lipinski definition) is 2. The number of thioether (sulfide) groups is 1. The van der Waals surface area contributed by atoms with Gasteiger partial charge < -0.3 is 5.32 Å². The number of nitrogens with zero attached hydrogens (tertiary/aromatic N) is 1. The highest BCUT2D eigenvalue weighted by atomic mass is 32.2. The molecule has 0 aromatic heterocycles. The largest absolute Gasteiger partial charge is 0.362 e. The zero-order valence-corrected chi connectivity index (χ0v) is 14.2. The van der Waals surface area contributed by atoms with Crippen LogP contribution in [0.1, 0.15) is 57.2 Å². The Morgan fingerprint density at radius 3 is 2.81 bits per heavy atom. The van der Waals surface area contributed by atoms with Crippen LogP contribution in [0.4, 0.5) is 0 Å². The topological polar surface area (TPSA) is 24.4 Å². The van der Waals surface area contributed by atoms with Gasteiger partial charge in [-0.25, -0.2) is 0 Å². The zero-order valence-electron chi connectivity index (χ0n) is 13.4. The lowest BCUT2D eigenvalue weighted by Crippen LogP contribution is -2.46. The third-order valence-electron chi connectivity index (χ3n) is 4.60. The zero-order chi connectivity index (χ0) is 14.9. The summed E-state index contributed by atoms with van der Waals surface area (Å²) in [6, 6.07) is 9.72. The van der Waals surface area contributed by atoms with Crippen molar-refractivity contribution in [3.05, 3.63) is 35.4 Å². The second-order valence-electron chi connectivity index (χ2n) is 7.24. The summed E-state index contributed by atoms with van der Waals surface area (Å²) in [6.07, 6.45) is 4.88. The van der Waals surface area contributed by atoms with E-state index in [1.165, 1.54) is 42.6 Å². The average Bonchev–Trinajstić information content (AvgIpc) is 2.47. The fraction of sp³-hybridized carbons (Fsp3) is 0.611. The lowest BCUT2D eigenvalue weighted by molar-refractivity contribution is 0.290. The van der Waals surface area contributed by atoms with E-state index in [0.717, 1.165) is 5.17 Å². The number of aliphatic imine (C=N–C) groups is 1. The first kappa shape index (κ1) is 15.0. The maximum absolute atomic E-state index is 5.07. The Kier molecular flexibility index (Phi) is 4.30. The van der Waals surface area contributed by atoms with Crippen molar-refractivity contribution in [1.29, 1.82) is 0 Å². The van der Waals surface area contributed by atoms with Crippen LogP contribution in [-0.4, -0.2) is 17.0 Å². The van der Waals surface area contributed by atoms with Crippen LogP contribution in [0, 0.1) is 5.41 Å². The molecule has 0 amide bonds. The lowest BCUT2D eigenvalue weighted by Gasteiger charge is -2.36. The van der Waals surface area contributed by atoms with E-state index in [9.17, 15) is 0 Å². The first-order valence-electron chi connectivity index (χ1n) is 8.09. The quantitative estimate of drug-likeness (QED) is 0.822. The molecule has 3 rings (SSSR count). The molecule has 1 aromatic carbocycles. The summed E-state index contributed by atoms with van der Waals surface area (Å²) in [5.74, 6) is 1.18. The molecule has 114 valence electrons. The molecule has 1 aliphatic carbocycles. The van der Waals surface area contributed by atoms with E-state index in [2.05, 4.69) is 50.4 Å². The number of hydrogen-bond donors (Lipinski definition) is 1.